The third-order valence-electron chi connectivity index (χ3n) is 2.67. The standard InChI is InChI=1S/C15H19N3O2S/c1-10(2)8-20-13-6-4-3-5-11(13)18-15(19)12-9-21-14(7-16)17-12/h3-6,9-10H,7-8,16H2,1-2H3,(H,18,19). The Balaban J connectivity index is 2.09. The number of nitrogens with zero attached hydrogens (tertiary/aromatic N) is 1. The summed E-state index contributed by atoms with van der Waals surface area (Å²) >= 11 is 1.38. The Morgan fingerprint density at radius 3 is 2.86 bits per heavy atom. The van der Waals surface area contributed by atoms with Gasteiger partial charge in [0.05, 0.1) is 12.3 Å². The van der Waals surface area contributed by atoms with Crippen LogP contribution in [0, 0.1) is 5.92 Å². The van der Waals surface area contributed by atoms with Crippen LogP contribution in [0.4, 0.5) is 5.69 Å². The van der Waals surface area contributed by atoms with E-state index in [4.69, 9.17) is 10.5 Å². The van der Waals surface area contributed by atoms with Crippen molar-refractivity contribution in [1.82, 2.24) is 4.98 Å². The average molecular weight is 305 g/mol. The van der Waals surface area contributed by atoms with Crippen LogP contribution in [-0.2, 0) is 6.54 Å². The fourth-order valence-electron chi connectivity index (χ4n) is 1.65. The summed E-state index contributed by atoms with van der Waals surface area (Å²) in [7, 11) is 0. The molecule has 0 aliphatic carbocycles. The first-order chi connectivity index (χ1) is 10.1. The van der Waals surface area contributed by atoms with Gasteiger partial charge in [0.25, 0.3) is 5.91 Å². The fourth-order valence-corrected chi connectivity index (χ4v) is 2.30. The zero-order valence-corrected chi connectivity index (χ0v) is 12.9. The molecule has 5 nitrogen and oxygen atoms in total. The van der Waals surface area contributed by atoms with Crippen molar-refractivity contribution in [3.8, 4) is 5.75 Å². The maximum atomic E-state index is 12.2. The number of aromatic nitrogens is 1. The number of ether oxygens (including phenoxy) is 1. The Morgan fingerprint density at radius 2 is 2.19 bits per heavy atom. The second-order valence-electron chi connectivity index (χ2n) is 4.99. The van der Waals surface area contributed by atoms with E-state index in [-0.39, 0.29) is 5.91 Å². The van der Waals surface area contributed by atoms with E-state index in [1.54, 1.807) is 5.38 Å². The van der Waals surface area contributed by atoms with E-state index in [2.05, 4.69) is 24.1 Å². The second-order valence-corrected chi connectivity index (χ2v) is 5.93. The molecule has 21 heavy (non-hydrogen) atoms. The van der Waals surface area contributed by atoms with E-state index in [1.807, 2.05) is 24.3 Å². The number of amides is 1. The van der Waals surface area contributed by atoms with Gasteiger partial charge >= 0.3 is 0 Å². The van der Waals surface area contributed by atoms with Gasteiger partial charge in [-0.25, -0.2) is 4.98 Å². The van der Waals surface area contributed by atoms with Crippen molar-refractivity contribution in [1.29, 1.82) is 0 Å². The van der Waals surface area contributed by atoms with Crippen LogP contribution in [0.5, 0.6) is 5.75 Å². The first-order valence-electron chi connectivity index (χ1n) is 6.77. The molecule has 0 radical (unpaired) electrons. The van der Waals surface area contributed by atoms with E-state index in [1.165, 1.54) is 11.3 Å². The topological polar surface area (TPSA) is 77.2 Å². The molecular weight excluding hydrogens is 286 g/mol. The molecule has 1 amide bonds. The summed E-state index contributed by atoms with van der Waals surface area (Å²) in [5.74, 6) is 0.819. The van der Waals surface area contributed by atoms with Gasteiger partial charge in [0.2, 0.25) is 0 Å². The van der Waals surface area contributed by atoms with Crippen LogP contribution in [-0.4, -0.2) is 17.5 Å². The zero-order valence-electron chi connectivity index (χ0n) is 12.1. The highest BCUT2D eigenvalue weighted by molar-refractivity contribution is 7.09. The molecule has 1 aromatic carbocycles. The van der Waals surface area contributed by atoms with Crippen LogP contribution < -0.4 is 15.8 Å². The Morgan fingerprint density at radius 1 is 1.43 bits per heavy atom. The quantitative estimate of drug-likeness (QED) is 0.860. The molecule has 0 fully saturated rings. The summed E-state index contributed by atoms with van der Waals surface area (Å²) in [4.78, 5) is 16.3. The largest absolute Gasteiger partial charge is 0.491 e. The van der Waals surface area contributed by atoms with Gasteiger partial charge in [0.15, 0.2) is 0 Å². The lowest BCUT2D eigenvalue weighted by molar-refractivity contribution is 0.102. The van der Waals surface area contributed by atoms with Crippen LogP contribution in [0.3, 0.4) is 0 Å². The van der Waals surface area contributed by atoms with E-state index in [0.29, 0.717) is 36.2 Å². The second kappa shape index (κ2) is 7.19. The summed E-state index contributed by atoms with van der Waals surface area (Å²) < 4.78 is 5.71. The van der Waals surface area contributed by atoms with E-state index >= 15 is 0 Å². The lowest BCUT2D eigenvalue weighted by atomic mass is 10.2. The van der Waals surface area contributed by atoms with Gasteiger partial charge in [-0.2, -0.15) is 0 Å². The highest BCUT2D eigenvalue weighted by Crippen LogP contribution is 2.25. The van der Waals surface area contributed by atoms with Gasteiger partial charge in [0.1, 0.15) is 16.5 Å². The van der Waals surface area contributed by atoms with Gasteiger partial charge in [-0.15, -0.1) is 11.3 Å². The molecule has 2 rings (SSSR count). The highest BCUT2D eigenvalue weighted by atomic mass is 32.1. The molecule has 0 saturated carbocycles. The van der Waals surface area contributed by atoms with Crippen molar-refractivity contribution >= 4 is 22.9 Å². The van der Waals surface area contributed by atoms with Crippen molar-refractivity contribution in [2.45, 2.75) is 20.4 Å². The van der Waals surface area contributed by atoms with E-state index in [9.17, 15) is 4.79 Å². The zero-order chi connectivity index (χ0) is 15.2. The summed E-state index contributed by atoms with van der Waals surface area (Å²) in [5, 5.41) is 5.27. The Hall–Kier alpha value is -1.92. The lowest BCUT2D eigenvalue weighted by Crippen LogP contribution is -2.14. The van der Waals surface area contributed by atoms with Gasteiger partial charge in [0, 0.05) is 11.9 Å². The normalized spacial score (nSPS) is 10.7. The molecule has 0 aliphatic heterocycles. The van der Waals surface area contributed by atoms with Crippen molar-refractivity contribution in [3.63, 3.8) is 0 Å². The summed E-state index contributed by atoms with van der Waals surface area (Å²) in [6.45, 7) is 5.09. The lowest BCUT2D eigenvalue weighted by Gasteiger charge is -2.13. The molecule has 0 aliphatic rings. The van der Waals surface area contributed by atoms with Crippen molar-refractivity contribution in [2.75, 3.05) is 11.9 Å². The minimum absolute atomic E-state index is 0.258. The van der Waals surface area contributed by atoms with Gasteiger partial charge in [-0.1, -0.05) is 26.0 Å². The maximum Gasteiger partial charge on any atom is 0.275 e. The molecule has 0 atom stereocenters. The summed E-state index contributed by atoms with van der Waals surface area (Å²) in [6.07, 6.45) is 0. The van der Waals surface area contributed by atoms with Gasteiger partial charge < -0.3 is 15.8 Å². The first-order valence-corrected chi connectivity index (χ1v) is 7.65. The molecule has 2 aromatic rings. The number of anilines is 1. The number of thiazole rings is 1. The minimum atomic E-state index is -0.258. The Labute approximate surface area is 128 Å². The predicted molar refractivity (Wildman–Crippen MR) is 84.7 cm³/mol. The number of carbonyl (C=O) groups excluding carboxylic acids is 1. The summed E-state index contributed by atoms with van der Waals surface area (Å²) in [5.41, 5.74) is 6.52. The smallest absolute Gasteiger partial charge is 0.275 e. The van der Waals surface area contributed by atoms with Crippen LogP contribution in [0.25, 0.3) is 0 Å². The number of rotatable bonds is 6. The molecule has 1 aromatic heterocycles. The van der Waals surface area contributed by atoms with Crippen molar-refractivity contribution in [3.05, 3.63) is 40.3 Å². The molecule has 0 unspecified atom stereocenters. The molecule has 1 heterocycles. The monoisotopic (exact) mass is 305 g/mol. The molecule has 3 N–H and O–H groups in total. The van der Waals surface area contributed by atoms with Crippen LogP contribution >= 0.6 is 11.3 Å². The fraction of sp³-hybridized carbons (Fsp3) is 0.333. The van der Waals surface area contributed by atoms with Crippen LogP contribution in [0.2, 0.25) is 0 Å². The van der Waals surface area contributed by atoms with Crippen LogP contribution in [0.15, 0.2) is 29.6 Å². The third kappa shape index (κ3) is 4.27. The molecule has 0 bridgehead atoms. The number of hydrogen-bond donors (Lipinski definition) is 2. The summed E-state index contributed by atoms with van der Waals surface area (Å²) in [6, 6.07) is 7.37. The van der Waals surface area contributed by atoms with Crippen LogP contribution in [0.1, 0.15) is 29.3 Å². The first kappa shape index (κ1) is 15.5. The van der Waals surface area contributed by atoms with Gasteiger partial charge in [-0.05, 0) is 18.1 Å². The maximum absolute atomic E-state index is 12.2. The molecule has 0 saturated heterocycles. The molecule has 6 heteroatoms. The molecule has 0 spiro atoms. The number of carbonyl (C=O) groups is 1. The number of nitrogens with two attached hydrogens (primary N) is 1. The number of nitrogens with one attached hydrogen (secondary N) is 1. The Kier molecular flexibility index (Phi) is 5.30. The van der Waals surface area contributed by atoms with E-state index < -0.39 is 0 Å². The van der Waals surface area contributed by atoms with Crippen molar-refractivity contribution < 1.29 is 9.53 Å². The molecule has 112 valence electrons. The molecular formula is C15H19N3O2S. The predicted octanol–water partition coefficient (Wildman–Crippen LogP) is 2.89. The number of para-hydroxylation sites is 2. The highest BCUT2D eigenvalue weighted by Gasteiger charge is 2.13. The van der Waals surface area contributed by atoms with Gasteiger partial charge in [-0.3, -0.25) is 4.79 Å². The number of benzene rings is 1. The van der Waals surface area contributed by atoms with E-state index in [0.717, 1.165) is 5.01 Å². The van der Waals surface area contributed by atoms with Crippen molar-refractivity contribution in [2.24, 2.45) is 11.7 Å². The number of hydrogen-bond acceptors (Lipinski definition) is 5. The Bertz CT molecular complexity index is 610. The third-order valence-corrected chi connectivity index (χ3v) is 3.54. The average Bonchev–Trinajstić information content (AvgIpc) is 2.95. The minimum Gasteiger partial charge on any atom is -0.491 e. The SMILES string of the molecule is CC(C)COc1ccccc1NC(=O)c1csc(CN)n1.